The standard InChI is InChI=1S/C25H24N2O8/c1-27(2)19-13-9-10-8-12-11(15-4-3-7-35-15)5-6-14(28)17(12)20(29)16(10)22(31)25(13,34)23(32)18(21(19)30)24(26)33/h3-7,10,13,19,28-29,32,34H,8-9H2,1-2H3,(H2,26,33)/t10?,13?,19-,25-/m0/s1. The number of nitrogens with two attached hydrogens (primary N) is 1. The van der Waals surface area contributed by atoms with Crippen molar-refractivity contribution in [2.24, 2.45) is 17.6 Å². The number of aliphatic hydroxyl groups is 3. The lowest BCUT2D eigenvalue weighted by Crippen LogP contribution is -2.65. The van der Waals surface area contributed by atoms with Crippen LogP contribution in [-0.2, 0) is 20.8 Å². The summed E-state index contributed by atoms with van der Waals surface area (Å²) in [4.78, 5) is 40.4. The van der Waals surface area contributed by atoms with Gasteiger partial charge in [0.1, 0.15) is 28.6 Å². The molecular formula is C25H24N2O8. The van der Waals surface area contributed by atoms with Crippen LogP contribution in [0.25, 0.3) is 17.1 Å². The van der Waals surface area contributed by atoms with E-state index >= 15 is 0 Å². The predicted octanol–water partition coefficient (Wildman–Crippen LogP) is 1.22. The smallest absolute Gasteiger partial charge is 0.255 e. The van der Waals surface area contributed by atoms with Gasteiger partial charge in [0.15, 0.2) is 11.4 Å². The van der Waals surface area contributed by atoms with Crippen LogP contribution in [0.3, 0.4) is 0 Å². The first-order chi connectivity index (χ1) is 16.5. The molecule has 5 rings (SSSR count). The molecule has 1 heterocycles. The molecule has 0 saturated heterocycles. The van der Waals surface area contributed by atoms with Gasteiger partial charge in [-0.05, 0) is 62.7 Å². The highest BCUT2D eigenvalue weighted by Crippen LogP contribution is 2.53. The number of aliphatic hydroxyl groups excluding tert-OH is 2. The van der Waals surface area contributed by atoms with Crippen molar-refractivity contribution in [1.82, 2.24) is 4.90 Å². The van der Waals surface area contributed by atoms with Crippen molar-refractivity contribution in [3.8, 4) is 17.1 Å². The first-order valence-electron chi connectivity index (χ1n) is 11.0. The van der Waals surface area contributed by atoms with E-state index in [9.17, 15) is 34.8 Å². The minimum atomic E-state index is -2.65. The minimum Gasteiger partial charge on any atom is -0.508 e. The Morgan fingerprint density at radius 1 is 1.17 bits per heavy atom. The molecule has 3 aliphatic carbocycles. The summed E-state index contributed by atoms with van der Waals surface area (Å²) in [6.45, 7) is 0. The maximum atomic E-state index is 13.8. The van der Waals surface area contributed by atoms with Crippen molar-refractivity contribution >= 4 is 23.2 Å². The molecule has 35 heavy (non-hydrogen) atoms. The molecule has 0 spiro atoms. The van der Waals surface area contributed by atoms with Gasteiger partial charge >= 0.3 is 0 Å². The third-order valence-corrected chi connectivity index (χ3v) is 7.39. The zero-order valence-corrected chi connectivity index (χ0v) is 19.0. The number of benzene rings is 1. The van der Waals surface area contributed by atoms with Crippen LogP contribution in [0.1, 0.15) is 17.5 Å². The molecule has 0 bridgehead atoms. The van der Waals surface area contributed by atoms with Crippen LogP contribution in [0.15, 0.2) is 51.9 Å². The van der Waals surface area contributed by atoms with Gasteiger partial charge in [-0.15, -0.1) is 0 Å². The normalized spacial score (nSPS) is 28.2. The van der Waals surface area contributed by atoms with Crippen LogP contribution in [0.4, 0.5) is 0 Å². The number of hydrogen-bond acceptors (Lipinski definition) is 9. The molecule has 2 unspecified atom stereocenters. The number of primary amides is 1. The first-order valence-corrected chi connectivity index (χ1v) is 11.0. The van der Waals surface area contributed by atoms with E-state index in [0.717, 1.165) is 0 Å². The number of phenolic OH excluding ortho intramolecular Hbond substituents is 1. The van der Waals surface area contributed by atoms with Crippen molar-refractivity contribution in [1.29, 1.82) is 0 Å². The number of carbonyl (C=O) groups excluding carboxylic acids is 3. The second-order valence-electron chi connectivity index (χ2n) is 9.42. The van der Waals surface area contributed by atoms with E-state index in [-0.39, 0.29) is 29.7 Å². The topological polar surface area (TPSA) is 175 Å². The number of fused-ring (bicyclic) bond motifs is 3. The fourth-order valence-corrected chi connectivity index (χ4v) is 5.91. The Bertz CT molecular complexity index is 1350. The van der Waals surface area contributed by atoms with Crippen molar-refractivity contribution < 1.29 is 39.2 Å². The number of amides is 1. The molecule has 1 saturated carbocycles. The van der Waals surface area contributed by atoms with Gasteiger partial charge in [-0.2, -0.15) is 0 Å². The van der Waals surface area contributed by atoms with Crippen LogP contribution in [0.2, 0.25) is 0 Å². The number of phenols is 1. The van der Waals surface area contributed by atoms with Gasteiger partial charge in [0.2, 0.25) is 5.78 Å². The monoisotopic (exact) mass is 480 g/mol. The number of likely N-dealkylation sites (N-methyl/N-ethyl adjacent to an activating group) is 1. The molecule has 1 amide bonds. The summed E-state index contributed by atoms with van der Waals surface area (Å²) in [6.07, 6.45) is 1.71. The van der Waals surface area contributed by atoms with Gasteiger partial charge in [0.25, 0.3) is 5.91 Å². The van der Waals surface area contributed by atoms with Gasteiger partial charge < -0.3 is 30.6 Å². The molecular weight excluding hydrogens is 456 g/mol. The van der Waals surface area contributed by atoms with E-state index in [1.54, 1.807) is 32.3 Å². The molecule has 2 aromatic rings. The number of rotatable bonds is 3. The van der Waals surface area contributed by atoms with Crippen molar-refractivity contribution in [2.75, 3.05) is 14.1 Å². The highest BCUT2D eigenvalue weighted by molar-refractivity contribution is 6.24. The Morgan fingerprint density at radius 2 is 1.89 bits per heavy atom. The molecule has 1 aromatic heterocycles. The molecule has 3 aliphatic rings. The number of carbonyl (C=O) groups is 3. The lowest BCUT2D eigenvalue weighted by atomic mass is 9.57. The summed E-state index contributed by atoms with van der Waals surface area (Å²) >= 11 is 0. The average molecular weight is 480 g/mol. The summed E-state index contributed by atoms with van der Waals surface area (Å²) in [6, 6.07) is 5.31. The van der Waals surface area contributed by atoms with Crippen molar-refractivity contribution in [2.45, 2.75) is 24.5 Å². The quantitative estimate of drug-likeness (QED) is 0.405. The zero-order chi connectivity index (χ0) is 25.4. The number of nitrogens with zero attached hydrogens (tertiary/aromatic N) is 1. The molecule has 0 radical (unpaired) electrons. The SMILES string of the molecule is CN(C)[C@@H]1C(=O)C(C(N)=O)=C(O)[C@@]2(O)C(=O)C3=C(O)c4c(O)ccc(-c5ccco5)c4CC3CC12. The van der Waals surface area contributed by atoms with Gasteiger partial charge in [-0.25, -0.2) is 0 Å². The highest BCUT2D eigenvalue weighted by atomic mass is 16.3. The lowest BCUT2D eigenvalue weighted by molar-refractivity contribution is -0.153. The minimum absolute atomic E-state index is 0.0233. The molecule has 6 N–H and O–H groups in total. The number of Topliss-reactive ketones (excluding diaryl/α,β-unsaturated/α-hetero) is 2. The summed E-state index contributed by atoms with van der Waals surface area (Å²) in [5.74, 6) is -6.28. The fraction of sp³-hybridized carbons (Fsp3) is 0.320. The van der Waals surface area contributed by atoms with Crippen LogP contribution in [0, 0.1) is 11.8 Å². The molecule has 0 aliphatic heterocycles. The fourth-order valence-electron chi connectivity index (χ4n) is 5.91. The van der Waals surface area contributed by atoms with Crippen molar-refractivity contribution in [3.05, 3.63) is 58.6 Å². The van der Waals surface area contributed by atoms with E-state index in [0.29, 0.717) is 16.9 Å². The van der Waals surface area contributed by atoms with Gasteiger partial charge in [0.05, 0.1) is 17.9 Å². The summed E-state index contributed by atoms with van der Waals surface area (Å²) in [5.41, 5.74) is 2.82. The zero-order valence-electron chi connectivity index (χ0n) is 19.0. The first kappa shape index (κ1) is 22.9. The van der Waals surface area contributed by atoms with E-state index < -0.39 is 58.0 Å². The summed E-state index contributed by atoms with van der Waals surface area (Å²) < 4.78 is 5.51. The summed E-state index contributed by atoms with van der Waals surface area (Å²) in [7, 11) is 3.11. The number of furan rings is 1. The van der Waals surface area contributed by atoms with Crippen molar-refractivity contribution in [3.63, 3.8) is 0 Å². The number of ketones is 2. The molecule has 10 heteroatoms. The maximum absolute atomic E-state index is 13.8. The number of aromatic hydroxyl groups is 1. The second kappa shape index (κ2) is 7.56. The van der Waals surface area contributed by atoms with E-state index in [2.05, 4.69) is 0 Å². The molecule has 182 valence electrons. The Morgan fingerprint density at radius 3 is 2.49 bits per heavy atom. The van der Waals surface area contributed by atoms with Crippen LogP contribution in [0.5, 0.6) is 5.75 Å². The van der Waals surface area contributed by atoms with Gasteiger partial charge in [0, 0.05) is 17.1 Å². The average Bonchev–Trinajstić information content (AvgIpc) is 3.30. The molecule has 10 nitrogen and oxygen atoms in total. The summed E-state index contributed by atoms with van der Waals surface area (Å²) in [5, 5.41) is 44.2. The Kier molecular flexibility index (Phi) is 4.94. The maximum Gasteiger partial charge on any atom is 0.255 e. The van der Waals surface area contributed by atoms with Crippen LogP contribution in [-0.4, -0.2) is 68.5 Å². The molecule has 1 fully saturated rings. The third-order valence-electron chi connectivity index (χ3n) is 7.39. The van der Waals surface area contributed by atoms with E-state index in [4.69, 9.17) is 10.2 Å². The largest absolute Gasteiger partial charge is 0.508 e. The Hall–Kier alpha value is -3.89. The van der Waals surface area contributed by atoms with Gasteiger partial charge in [-0.1, -0.05) is 0 Å². The molecule has 4 atom stereocenters. The Labute approximate surface area is 199 Å². The Balaban J connectivity index is 1.75. The van der Waals surface area contributed by atoms with Crippen LogP contribution < -0.4 is 5.73 Å². The van der Waals surface area contributed by atoms with Gasteiger partial charge in [-0.3, -0.25) is 19.3 Å². The number of hydrogen-bond donors (Lipinski definition) is 5. The van der Waals surface area contributed by atoms with E-state index in [1.807, 2.05) is 0 Å². The lowest BCUT2D eigenvalue weighted by Gasteiger charge is -2.50. The predicted molar refractivity (Wildman–Crippen MR) is 122 cm³/mol. The second-order valence-corrected chi connectivity index (χ2v) is 9.42. The van der Waals surface area contributed by atoms with E-state index in [1.165, 1.54) is 17.2 Å². The third kappa shape index (κ3) is 2.93. The van der Waals surface area contributed by atoms with Crippen LogP contribution >= 0.6 is 0 Å². The highest BCUT2D eigenvalue weighted by Gasteiger charge is 2.64. The molecule has 1 aromatic carbocycles.